The van der Waals surface area contributed by atoms with E-state index in [2.05, 4.69) is 58.4 Å². The van der Waals surface area contributed by atoms with Crippen LogP contribution in [0, 0.1) is 0 Å². The van der Waals surface area contributed by atoms with Gasteiger partial charge in [-0.1, -0.05) is 36.4 Å². The lowest BCUT2D eigenvalue weighted by Crippen LogP contribution is -2.29. The molecule has 21 heavy (non-hydrogen) atoms. The number of nitrogens with zero attached hydrogens (tertiary/aromatic N) is 2. The normalized spacial score (nSPS) is 15.7. The highest BCUT2D eigenvalue weighted by Crippen LogP contribution is 2.22. The van der Waals surface area contributed by atoms with Crippen LogP contribution < -0.4 is 0 Å². The van der Waals surface area contributed by atoms with Crippen LogP contribution in [-0.4, -0.2) is 29.5 Å². The maximum Gasteiger partial charge on any atom is 0.0270 e. The summed E-state index contributed by atoms with van der Waals surface area (Å²) in [4.78, 5) is 6.61. The molecule has 1 aromatic heterocycles. The molecule has 2 heteroatoms. The number of pyridine rings is 1. The highest BCUT2D eigenvalue weighted by atomic mass is 15.1. The molecular formula is C19H22N2. The standard InChI is InChI=1S/C19H22N2/c1-2-6-18(7-3-1)19-10-15-21(16-11-19)14-4-5-17-8-12-20-13-9-17/h1-3,6-10,12-13H,4-5,11,14-16H2. The van der Waals surface area contributed by atoms with Gasteiger partial charge in [-0.25, -0.2) is 0 Å². The number of hydrogen-bond acceptors (Lipinski definition) is 2. The van der Waals surface area contributed by atoms with Gasteiger partial charge in [-0.3, -0.25) is 9.88 Å². The average molecular weight is 278 g/mol. The first-order valence-electron chi connectivity index (χ1n) is 7.77. The van der Waals surface area contributed by atoms with Crippen molar-refractivity contribution >= 4 is 5.57 Å². The SMILES string of the molecule is C1=C(c2ccccc2)CCN(CCCc2ccncc2)C1. The molecule has 108 valence electrons. The quantitative estimate of drug-likeness (QED) is 0.827. The summed E-state index contributed by atoms with van der Waals surface area (Å²) in [5.41, 5.74) is 4.28. The minimum atomic E-state index is 1.08. The molecule has 0 atom stereocenters. The van der Waals surface area contributed by atoms with E-state index in [1.54, 1.807) is 0 Å². The van der Waals surface area contributed by atoms with Gasteiger partial charge < -0.3 is 0 Å². The van der Waals surface area contributed by atoms with E-state index >= 15 is 0 Å². The Kier molecular flexibility index (Phi) is 4.80. The molecule has 1 aliphatic rings. The predicted octanol–water partition coefficient (Wildman–Crippen LogP) is 3.80. The summed E-state index contributed by atoms with van der Waals surface area (Å²) in [6.45, 7) is 3.44. The maximum absolute atomic E-state index is 4.06. The Morgan fingerprint density at radius 3 is 2.52 bits per heavy atom. The van der Waals surface area contributed by atoms with Crippen LogP contribution >= 0.6 is 0 Å². The van der Waals surface area contributed by atoms with Crippen molar-refractivity contribution in [2.45, 2.75) is 19.3 Å². The van der Waals surface area contributed by atoms with Gasteiger partial charge >= 0.3 is 0 Å². The van der Waals surface area contributed by atoms with Gasteiger partial charge in [-0.05, 0) is 54.6 Å². The molecule has 0 N–H and O–H groups in total. The first kappa shape index (κ1) is 14.0. The monoisotopic (exact) mass is 278 g/mol. The lowest BCUT2D eigenvalue weighted by molar-refractivity contribution is 0.298. The van der Waals surface area contributed by atoms with Crippen molar-refractivity contribution in [3.05, 3.63) is 72.1 Å². The van der Waals surface area contributed by atoms with Crippen molar-refractivity contribution < 1.29 is 0 Å². The van der Waals surface area contributed by atoms with E-state index < -0.39 is 0 Å². The molecule has 0 amide bonds. The Balaban J connectivity index is 1.46. The fourth-order valence-electron chi connectivity index (χ4n) is 2.88. The van der Waals surface area contributed by atoms with Gasteiger partial charge in [0.1, 0.15) is 0 Å². The highest BCUT2D eigenvalue weighted by Gasteiger charge is 2.12. The highest BCUT2D eigenvalue weighted by molar-refractivity contribution is 5.66. The summed E-state index contributed by atoms with van der Waals surface area (Å²) in [5, 5.41) is 0. The molecule has 1 aliphatic heterocycles. The summed E-state index contributed by atoms with van der Waals surface area (Å²) in [6, 6.07) is 15.0. The molecule has 1 aromatic carbocycles. The molecule has 0 radical (unpaired) electrons. The lowest BCUT2D eigenvalue weighted by Gasteiger charge is -2.26. The Bertz CT molecular complexity index is 575. The summed E-state index contributed by atoms with van der Waals surface area (Å²) in [5.74, 6) is 0. The zero-order valence-electron chi connectivity index (χ0n) is 12.4. The van der Waals surface area contributed by atoms with Gasteiger partial charge in [0.15, 0.2) is 0 Å². The lowest BCUT2D eigenvalue weighted by atomic mass is 9.99. The zero-order valence-corrected chi connectivity index (χ0v) is 12.4. The molecular weight excluding hydrogens is 256 g/mol. The van der Waals surface area contributed by atoms with E-state index in [4.69, 9.17) is 0 Å². The molecule has 2 nitrogen and oxygen atoms in total. The molecule has 2 aromatic rings. The third-order valence-corrected chi connectivity index (χ3v) is 4.13. The summed E-state index contributed by atoms with van der Waals surface area (Å²) in [7, 11) is 0. The number of aromatic nitrogens is 1. The molecule has 0 fully saturated rings. The van der Waals surface area contributed by atoms with Gasteiger partial charge in [0.2, 0.25) is 0 Å². The van der Waals surface area contributed by atoms with Crippen LogP contribution in [0.15, 0.2) is 60.9 Å². The average Bonchev–Trinajstić information content (AvgIpc) is 2.57. The van der Waals surface area contributed by atoms with Crippen molar-refractivity contribution in [2.75, 3.05) is 19.6 Å². The molecule has 0 spiro atoms. The van der Waals surface area contributed by atoms with E-state index in [1.165, 1.54) is 42.6 Å². The topological polar surface area (TPSA) is 16.1 Å². The second-order valence-corrected chi connectivity index (χ2v) is 5.61. The largest absolute Gasteiger partial charge is 0.299 e. The third kappa shape index (κ3) is 4.02. The van der Waals surface area contributed by atoms with Crippen LogP contribution in [0.2, 0.25) is 0 Å². The molecule has 0 unspecified atom stereocenters. The smallest absolute Gasteiger partial charge is 0.0270 e. The van der Waals surface area contributed by atoms with Crippen molar-refractivity contribution in [1.29, 1.82) is 0 Å². The number of rotatable bonds is 5. The molecule has 2 heterocycles. The van der Waals surface area contributed by atoms with E-state index in [-0.39, 0.29) is 0 Å². The van der Waals surface area contributed by atoms with E-state index in [0.717, 1.165) is 13.0 Å². The van der Waals surface area contributed by atoms with Gasteiger partial charge in [0, 0.05) is 25.5 Å². The van der Waals surface area contributed by atoms with Gasteiger partial charge in [-0.15, -0.1) is 0 Å². The maximum atomic E-state index is 4.06. The summed E-state index contributed by atoms with van der Waals surface area (Å²) in [6.07, 6.45) is 9.69. The van der Waals surface area contributed by atoms with Crippen LogP contribution in [0.4, 0.5) is 0 Å². The summed E-state index contributed by atoms with van der Waals surface area (Å²) < 4.78 is 0. The second-order valence-electron chi connectivity index (χ2n) is 5.61. The van der Waals surface area contributed by atoms with Crippen LogP contribution in [-0.2, 0) is 6.42 Å². The van der Waals surface area contributed by atoms with E-state index in [1.807, 2.05) is 12.4 Å². The molecule has 3 rings (SSSR count). The number of aryl methyl sites for hydroxylation is 1. The van der Waals surface area contributed by atoms with Gasteiger partial charge in [-0.2, -0.15) is 0 Å². The fraction of sp³-hybridized carbons (Fsp3) is 0.316. The second kappa shape index (κ2) is 7.19. The number of benzene rings is 1. The van der Waals surface area contributed by atoms with Crippen molar-refractivity contribution in [1.82, 2.24) is 9.88 Å². The fourth-order valence-corrected chi connectivity index (χ4v) is 2.88. The Hall–Kier alpha value is -1.93. The first-order valence-corrected chi connectivity index (χ1v) is 7.77. The predicted molar refractivity (Wildman–Crippen MR) is 88.0 cm³/mol. The van der Waals surface area contributed by atoms with Crippen LogP contribution in [0.3, 0.4) is 0 Å². The minimum Gasteiger partial charge on any atom is -0.299 e. The van der Waals surface area contributed by atoms with Crippen molar-refractivity contribution in [3.8, 4) is 0 Å². The van der Waals surface area contributed by atoms with Crippen LogP contribution in [0.5, 0.6) is 0 Å². The van der Waals surface area contributed by atoms with Crippen LogP contribution in [0.25, 0.3) is 5.57 Å². The Morgan fingerprint density at radius 1 is 1.00 bits per heavy atom. The molecule has 0 bridgehead atoms. The zero-order chi connectivity index (χ0) is 14.3. The number of hydrogen-bond donors (Lipinski definition) is 0. The summed E-state index contributed by atoms with van der Waals surface area (Å²) >= 11 is 0. The van der Waals surface area contributed by atoms with Crippen molar-refractivity contribution in [2.24, 2.45) is 0 Å². The van der Waals surface area contributed by atoms with Crippen molar-refractivity contribution in [3.63, 3.8) is 0 Å². The van der Waals surface area contributed by atoms with Gasteiger partial charge in [0.05, 0.1) is 0 Å². The third-order valence-electron chi connectivity index (χ3n) is 4.13. The van der Waals surface area contributed by atoms with E-state index in [9.17, 15) is 0 Å². The molecule has 0 saturated carbocycles. The Labute approximate surface area is 127 Å². The van der Waals surface area contributed by atoms with Gasteiger partial charge in [0.25, 0.3) is 0 Å². The molecule has 0 saturated heterocycles. The van der Waals surface area contributed by atoms with Crippen LogP contribution in [0.1, 0.15) is 24.0 Å². The minimum absolute atomic E-state index is 1.08. The first-order chi connectivity index (χ1) is 10.4. The van der Waals surface area contributed by atoms with E-state index in [0.29, 0.717) is 0 Å². The molecule has 0 aliphatic carbocycles. The Morgan fingerprint density at radius 2 is 1.81 bits per heavy atom.